The molecule has 0 saturated carbocycles. The van der Waals surface area contributed by atoms with Crippen LogP contribution in [0.3, 0.4) is 0 Å². The highest BCUT2D eigenvalue weighted by Gasteiger charge is 2.44. The summed E-state index contributed by atoms with van der Waals surface area (Å²) < 4.78 is 16.7. The number of aliphatic hydroxyl groups is 5. The van der Waals surface area contributed by atoms with Crippen LogP contribution in [0.5, 0.6) is 0 Å². The van der Waals surface area contributed by atoms with Crippen molar-refractivity contribution in [2.45, 2.75) is 326 Å². The van der Waals surface area contributed by atoms with Crippen LogP contribution in [0.4, 0.5) is 0 Å². The third-order valence-electron chi connectivity index (χ3n) is 14.2. The molecule has 0 aromatic rings. The van der Waals surface area contributed by atoms with Crippen molar-refractivity contribution in [3.05, 3.63) is 12.2 Å². The third-order valence-corrected chi connectivity index (χ3v) is 14.2. The summed E-state index contributed by atoms with van der Waals surface area (Å²) in [5.74, 6) is -0.187. The van der Waals surface area contributed by atoms with Crippen molar-refractivity contribution in [3.63, 3.8) is 0 Å². The molecule has 6 N–H and O–H groups in total. The number of unbranched alkanes of at least 4 members (excludes halogenated alkanes) is 37. The molecule has 0 radical (unpaired) electrons. The predicted octanol–water partition coefficient (Wildman–Crippen LogP) is 13.2. The second kappa shape index (κ2) is 48.7. The van der Waals surface area contributed by atoms with Gasteiger partial charge in [0.2, 0.25) is 5.91 Å². The lowest BCUT2D eigenvalue weighted by Crippen LogP contribution is -2.60. The number of esters is 1. The first-order chi connectivity index (χ1) is 33.7. The predicted molar refractivity (Wildman–Crippen MR) is 283 cm³/mol. The van der Waals surface area contributed by atoms with Crippen molar-refractivity contribution in [1.82, 2.24) is 5.32 Å². The van der Waals surface area contributed by atoms with Crippen molar-refractivity contribution >= 4 is 11.9 Å². The summed E-state index contributed by atoms with van der Waals surface area (Å²) in [6.45, 7) is 4.32. The highest BCUT2D eigenvalue weighted by Crippen LogP contribution is 2.23. The summed E-state index contributed by atoms with van der Waals surface area (Å²) in [6.07, 6.45) is 46.0. The van der Waals surface area contributed by atoms with Crippen molar-refractivity contribution in [2.75, 3.05) is 19.8 Å². The molecule has 1 rings (SSSR count). The molecule has 7 atom stereocenters. The molecule has 0 aromatic carbocycles. The largest absolute Gasteiger partial charge is 0.466 e. The number of allylic oxidation sites excluding steroid dienone is 1. The smallest absolute Gasteiger partial charge is 0.305 e. The van der Waals surface area contributed by atoms with E-state index in [0.717, 1.165) is 57.8 Å². The molecule has 1 aliphatic heterocycles. The van der Waals surface area contributed by atoms with E-state index in [-0.39, 0.29) is 18.5 Å². The Morgan fingerprint density at radius 3 is 1.35 bits per heavy atom. The zero-order valence-electron chi connectivity index (χ0n) is 44.8. The lowest BCUT2D eigenvalue weighted by molar-refractivity contribution is -0.302. The van der Waals surface area contributed by atoms with Crippen molar-refractivity contribution in [1.29, 1.82) is 0 Å². The highest BCUT2D eigenvalue weighted by atomic mass is 16.7. The summed E-state index contributed by atoms with van der Waals surface area (Å²) in [7, 11) is 0. The number of carbonyl (C=O) groups is 2. The van der Waals surface area contributed by atoms with Crippen LogP contribution < -0.4 is 5.32 Å². The minimum absolute atomic E-state index is 0.00246. The van der Waals surface area contributed by atoms with Gasteiger partial charge in [-0.25, -0.2) is 0 Å². The van der Waals surface area contributed by atoms with Gasteiger partial charge in [0.25, 0.3) is 0 Å². The maximum absolute atomic E-state index is 13.0. The maximum atomic E-state index is 13.0. The molecule has 0 aromatic heterocycles. The number of ether oxygens (including phenoxy) is 3. The molecular formula is C58H111NO10. The van der Waals surface area contributed by atoms with Gasteiger partial charge in [0.05, 0.1) is 32.0 Å². The van der Waals surface area contributed by atoms with Crippen LogP contribution in [0.1, 0.15) is 284 Å². The SMILES string of the molecule is CCCCCCCCC/C=C/C(O)C(COC1OC(CO)C(O)C(O)C1O)NC(=O)CCCCCCCCCCCCCCCCCCCCCCOC(=O)CCCCCCCCCCCCCC. The van der Waals surface area contributed by atoms with Crippen LogP contribution in [0, 0.1) is 0 Å². The van der Waals surface area contributed by atoms with Gasteiger partial charge in [-0.05, 0) is 32.1 Å². The molecule has 11 heteroatoms. The van der Waals surface area contributed by atoms with Crippen LogP contribution in [0.25, 0.3) is 0 Å². The molecule has 1 fully saturated rings. The van der Waals surface area contributed by atoms with E-state index in [2.05, 4.69) is 19.2 Å². The molecule has 1 aliphatic rings. The van der Waals surface area contributed by atoms with Gasteiger partial charge in [-0.1, -0.05) is 251 Å². The van der Waals surface area contributed by atoms with Crippen molar-refractivity contribution in [3.8, 4) is 0 Å². The minimum atomic E-state index is -1.57. The second-order valence-electron chi connectivity index (χ2n) is 20.7. The molecule has 11 nitrogen and oxygen atoms in total. The fourth-order valence-electron chi connectivity index (χ4n) is 9.44. The van der Waals surface area contributed by atoms with Gasteiger partial charge in [0, 0.05) is 12.8 Å². The van der Waals surface area contributed by atoms with Crippen molar-refractivity contribution < 1.29 is 49.3 Å². The molecular weight excluding hydrogens is 871 g/mol. The van der Waals surface area contributed by atoms with Crippen LogP contribution in [-0.4, -0.2) is 100 Å². The Morgan fingerprint density at radius 1 is 0.522 bits per heavy atom. The van der Waals surface area contributed by atoms with Gasteiger partial charge in [-0.3, -0.25) is 9.59 Å². The summed E-state index contributed by atoms with van der Waals surface area (Å²) in [5.41, 5.74) is 0. The first-order valence-corrected chi connectivity index (χ1v) is 29.5. The van der Waals surface area contributed by atoms with Crippen LogP contribution in [0.15, 0.2) is 12.2 Å². The Labute approximate surface area is 423 Å². The van der Waals surface area contributed by atoms with E-state index >= 15 is 0 Å². The molecule has 1 heterocycles. The normalized spacial score (nSPS) is 19.3. The zero-order valence-corrected chi connectivity index (χ0v) is 44.8. The van der Waals surface area contributed by atoms with E-state index in [1.165, 1.54) is 199 Å². The van der Waals surface area contributed by atoms with E-state index in [1.807, 2.05) is 6.08 Å². The lowest BCUT2D eigenvalue weighted by Gasteiger charge is -2.40. The quantitative estimate of drug-likeness (QED) is 0.0195. The van der Waals surface area contributed by atoms with Gasteiger partial charge < -0.3 is 45.1 Å². The number of amides is 1. The van der Waals surface area contributed by atoms with E-state index in [1.54, 1.807) is 6.08 Å². The summed E-state index contributed by atoms with van der Waals surface area (Å²) >= 11 is 0. The second-order valence-corrected chi connectivity index (χ2v) is 20.7. The van der Waals surface area contributed by atoms with Gasteiger partial charge in [0.1, 0.15) is 24.4 Å². The number of aliphatic hydroxyl groups excluding tert-OH is 5. The fourth-order valence-corrected chi connectivity index (χ4v) is 9.44. The Kier molecular flexibility index (Phi) is 46.1. The molecule has 7 unspecified atom stereocenters. The number of hydrogen-bond acceptors (Lipinski definition) is 10. The molecule has 0 aliphatic carbocycles. The van der Waals surface area contributed by atoms with Gasteiger partial charge in [-0.2, -0.15) is 0 Å². The van der Waals surface area contributed by atoms with E-state index in [4.69, 9.17) is 14.2 Å². The number of nitrogens with one attached hydrogen (secondary N) is 1. The summed E-state index contributed by atoms with van der Waals surface area (Å²) in [4.78, 5) is 25.0. The average Bonchev–Trinajstić information content (AvgIpc) is 3.34. The first-order valence-electron chi connectivity index (χ1n) is 29.5. The zero-order chi connectivity index (χ0) is 50.3. The molecule has 69 heavy (non-hydrogen) atoms. The van der Waals surface area contributed by atoms with Crippen molar-refractivity contribution in [2.24, 2.45) is 0 Å². The maximum Gasteiger partial charge on any atom is 0.305 e. The van der Waals surface area contributed by atoms with E-state index in [9.17, 15) is 35.1 Å². The highest BCUT2D eigenvalue weighted by molar-refractivity contribution is 5.76. The number of carbonyl (C=O) groups excluding carboxylic acids is 2. The molecule has 0 bridgehead atoms. The Hall–Kier alpha value is -1.60. The van der Waals surface area contributed by atoms with E-state index in [0.29, 0.717) is 19.4 Å². The third kappa shape index (κ3) is 38.7. The first kappa shape index (κ1) is 65.4. The van der Waals surface area contributed by atoms with Crippen LogP contribution in [-0.2, 0) is 23.8 Å². The number of hydrogen-bond donors (Lipinski definition) is 6. The average molecular weight is 983 g/mol. The van der Waals surface area contributed by atoms with Crippen LogP contribution >= 0.6 is 0 Å². The molecule has 1 saturated heterocycles. The van der Waals surface area contributed by atoms with Gasteiger partial charge >= 0.3 is 5.97 Å². The van der Waals surface area contributed by atoms with Gasteiger partial charge in [-0.15, -0.1) is 0 Å². The molecule has 408 valence electrons. The monoisotopic (exact) mass is 982 g/mol. The topological polar surface area (TPSA) is 175 Å². The lowest BCUT2D eigenvalue weighted by atomic mass is 9.99. The van der Waals surface area contributed by atoms with Gasteiger partial charge in [0.15, 0.2) is 6.29 Å². The minimum Gasteiger partial charge on any atom is -0.466 e. The standard InChI is InChI=1S/C58H111NO10/c1-3-5-7-9-11-13-14-26-30-34-38-42-46-54(63)67-47-43-39-35-31-27-24-22-20-18-16-15-17-19-21-23-25-29-33-37-41-45-53(62)59-50(51(61)44-40-36-32-28-12-10-8-6-4-2)49-68-58-57(66)56(65)55(64)52(48-60)69-58/h40,44,50-52,55-58,60-61,64-66H,3-39,41-43,45-49H2,1-2H3,(H,59,62)/b44-40+. The molecule has 1 amide bonds. The fraction of sp³-hybridized carbons (Fsp3) is 0.931. The summed E-state index contributed by atoms with van der Waals surface area (Å²) in [5, 5.41) is 54.2. The van der Waals surface area contributed by atoms with Crippen LogP contribution in [0.2, 0.25) is 0 Å². The Balaban J connectivity index is 2.02. The summed E-state index contributed by atoms with van der Waals surface area (Å²) in [6, 6.07) is -0.808. The van der Waals surface area contributed by atoms with E-state index < -0.39 is 49.5 Å². The number of rotatable bonds is 51. The Bertz CT molecular complexity index is 1160. The Morgan fingerprint density at radius 2 is 0.913 bits per heavy atom. The molecule has 0 spiro atoms.